The molecule has 1 aromatic rings. The quantitative estimate of drug-likeness (QED) is 0.564. The fourth-order valence-corrected chi connectivity index (χ4v) is 1.78. The topological polar surface area (TPSA) is 118 Å². The number of carboxylic acid groups (broad SMARTS) is 2. The van der Waals surface area contributed by atoms with Gasteiger partial charge in [-0.2, -0.15) is 0 Å². The van der Waals surface area contributed by atoms with Crippen molar-refractivity contribution < 1.29 is 30.0 Å². The molecule has 0 saturated heterocycles. The van der Waals surface area contributed by atoms with Crippen LogP contribution in [0.1, 0.15) is 54.3 Å². The van der Waals surface area contributed by atoms with E-state index in [0.29, 0.717) is 0 Å². The maximum absolute atomic E-state index is 10.3. The molecule has 1 aromatic carbocycles. The molecule has 23 heavy (non-hydrogen) atoms. The minimum atomic E-state index is -1.06. The number of aliphatic hydroxyl groups is 2. The molecular formula is C16H25NO6. The highest BCUT2D eigenvalue weighted by Gasteiger charge is 2.14. The van der Waals surface area contributed by atoms with Crippen molar-refractivity contribution in [2.75, 3.05) is 6.54 Å². The summed E-state index contributed by atoms with van der Waals surface area (Å²) in [6.45, 7) is 6.18. The van der Waals surface area contributed by atoms with Gasteiger partial charge in [0, 0.05) is 6.54 Å². The van der Waals surface area contributed by atoms with E-state index in [9.17, 15) is 19.8 Å². The first kappa shape index (κ1) is 21.0. The predicted octanol–water partition coefficient (Wildman–Crippen LogP) is 1.85. The largest absolute Gasteiger partial charge is 0.478 e. The number of rotatable bonds is 7. The van der Waals surface area contributed by atoms with Gasteiger partial charge in [0.2, 0.25) is 0 Å². The minimum Gasteiger partial charge on any atom is -0.478 e. The Morgan fingerprint density at radius 3 is 1.52 bits per heavy atom. The summed E-state index contributed by atoms with van der Waals surface area (Å²) in [6.07, 6.45) is 0.981. The van der Waals surface area contributed by atoms with E-state index in [0.717, 1.165) is 19.4 Å². The lowest BCUT2D eigenvalue weighted by Gasteiger charge is -2.27. The first-order chi connectivity index (χ1) is 10.7. The van der Waals surface area contributed by atoms with Crippen LogP contribution < -0.4 is 0 Å². The Hall–Kier alpha value is -1.96. The van der Waals surface area contributed by atoms with Crippen LogP contribution in [0.15, 0.2) is 24.3 Å². The monoisotopic (exact) mass is 327 g/mol. The van der Waals surface area contributed by atoms with Gasteiger partial charge in [-0.05, 0) is 44.5 Å². The SMILES string of the molecule is CCCCN(C(C)O)C(C)O.O=C(O)c1ccc(C(=O)O)cc1. The molecule has 2 atom stereocenters. The third kappa shape index (κ3) is 8.29. The van der Waals surface area contributed by atoms with Gasteiger partial charge in [0.05, 0.1) is 11.1 Å². The average Bonchev–Trinajstić information content (AvgIpc) is 2.47. The summed E-state index contributed by atoms with van der Waals surface area (Å²) in [5.74, 6) is -2.13. The second-order valence-corrected chi connectivity index (χ2v) is 5.04. The lowest BCUT2D eigenvalue weighted by atomic mass is 10.1. The Labute approximate surface area is 135 Å². The number of hydrogen-bond donors (Lipinski definition) is 4. The number of hydrogen-bond acceptors (Lipinski definition) is 5. The second-order valence-electron chi connectivity index (χ2n) is 5.04. The molecule has 130 valence electrons. The maximum Gasteiger partial charge on any atom is 0.335 e. The number of carbonyl (C=O) groups is 2. The van der Waals surface area contributed by atoms with E-state index >= 15 is 0 Å². The zero-order valence-corrected chi connectivity index (χ0v) is 13.6. The molecular weight excluding hydrogens is 302 g/mol. The van der Waals surface area contributed by atoms with Crippen molar-refractivity contribution in [1.29, 1.82) is 0 Å². The van der Waals surface area contributed by atoms with Gasteiger partial charge in [-0.25, -0.2) is 9.59 Å². The van der Waals surface area contributed by atoms with Crippen LogP contribution in [-0.2, 0) is 0 Å². The third-order valence-corrected chi connectivity index (χ3v) is 3.11. The second kappa shape index (κ2) is 10.7. The maximum atomic E-state index is 10.3. The van der Waals surface area contributed by atoms with Gasteiger partial charge in [0.1, 0.15) is 12.5 Å². The molecule has 0 spiro atoms. The van der Waals surface area contributed by atoms with Gasteiger partial charge in [0.15, 0.2) is 0 Å². The fourth-order valence-electron chi connectivity index (χ4n) is 1.78. The first-order valence-electron chi connectivity index (χ1n) is 7.39. The summed E-state index contributed by atoms with van der Waals surface area (Å²) in [7, 11) is 0. The molecule has 0 aliphatic heterocycles. The Balaban J connectivity index is 0.000000423. The van der Waals surface area contributed by atoms with Crippen LogP contribution in [0.5, 0.6) is 0 Å². The number of nitrogens with zero attached hydrogens (tertiary/aromatic N) is 1. The van der Waals surface area contributed by atoms with Gasteiger partial charge in [-0.15, -0.1) is 0 Å². The van der Waals surface area contributed by atoms with Crippen molar-refractivity contribution in [2.45, 2.75) is 46.1 Å². The fraction of sp³-hybridized carbons (Fsp3) is 0.500. The van der Waals surface area contributed by atoms with Crippen molar-refractivity contribution in [1.82, 2.24) is 4.90 Å². The number of aromatic carboxylic acids is 2. The highest BCUT2D eigenvalue weighted by molar-refractivity contribution is 5.91. The Kier molecular flexibility index (Phi) is 9.80. The Morgan fingerprint density at radius 2 is 1.30 bits per heavy atom. The number of benzene rings is 1. The number of aliphatic hydroxyl groups excluding tert-OH is 2. The summed E-state index contributed by atoms with van der Waals surface area (Å²) in [4.78, 5) is 22.3. The highest BCUT2D eigenvalue weighted by atomic mass is 16.4. The van der Waals surface area contributed by atoms with Crippen LogP contribution in [0.2, 0.25) is 0 Å². The molecule has 4 N–H and O–H groups in total. The summed E-state index contributed by atoms with van der Waals surface area (Å²) < 4.78 is 0. The van der Waals surface area contributed by atoms with Crippen molar-refractivity contribution in [3.05, 3.63) is 35.4 Å². The van der Waals surface area contributed by atoms with Crippen molar-refractivity contribution >= 4 is 11.9 Å². The van der Waals surface area contributed by atoms with Crippen molar-refractivity contribution in [2.24, 2.45) is 0 Å². The number of carboxylic acids is 2. The van der Waals surface area contributed by atoms with Crippen LogP contribution >= 0.6 is 0 Å². The summed E-state index contributed by atoms with van der Waals surface area (Å²) in [6, 6.07) is 5.02. The smallest absolute Gasteiger partial charge is 0.335 e. The van der Waals surface area contributed by atoms with E-state index in [1.807, 2.05) is 0 Å². The van der Waals surface area contributed by atoms with E-state index in [1.165, 1.54) is 24.3 Å². The zero-order valence-electron chi connectivity index (χ0n) is 13.6. The van der Waals surface area contributed by atoms with Gasteiger partial charge >= 0.3 is 11.9 Å². The van der Waals surface area contributed by atoms with E-state index in [4.69, 9.17) is 10.2 Å². The minimum absolute atomic E-state index is 0.0833. The van der Waals surface area contributed by atoms with Crippen LogP contribution in [0, 0.1) is 0 Å². The molecule has 0 aliphatic rings. The van der Waals surface area contributed by atoms with Gasteiger partial charge in [-0.3, -0.25) is 4.90 Å². The lowest BCUT2D eigenvalue weighted by molar-refractivity contribution is -0.0842. The Bertz CT molecular complexity index is 443. The molecule has 0 amide bonds. The molecule has 0 fully saturated rings. The molecule has 1 rings (SSSR count). The highest BCUT2D eigenvalue weighted by Crippen LogP contribution is 2.04. The van der Waals surface area contributed by atoms with Gasteiger partial charge in [0.25, 0.3) is 0 Å². The molecule has 7 nitrogen and oxygen atoms in total. The van der Waals surface area contributed by atoms with Gasteiger partial charge < -0.3 is 20.4 Å². The molecule has 0 saturated carbocycles. The zero-order chi connectivity index (χ0) is 18.0. The third-order valence-electron chi connectivity index (χ3n) is 3.11. The predicted molar refractivity (Wildman–Crippen MR) is 85.3 cm³/mol. The molecule has 0 radical (unpaired) electrons. The molecule has 0 bridgehead atoms. The molecule has 7 heteroatoms. The van der Waals surface area contributed by atoms with E-state index in [2.05, 4.69) is 6.92 Å². The molecule has 2 unspecified atom stereocenters. The van der Waals surface area contributed by atoms with Crippen LogP contribution in [0.3, 0.4) is 0 Å². The van der Waals surface area contributed by atoms with Crippen molar-refractivity contribution in [3.8, 4) is 0 Å². The summed E-state index contributed by atoms with van der Waals surface area (Å²) in [5.41, 5.74) is 0.167. The van der Waals surface area contributed by atoms with E-state index in [-0.39, 0.29) is 11.1 Å². The van der Waals surface area contributed by atoms with Crippen LogP contribution in [-0.4, -0.2) is 56.3 Å². The van der Waals surface area contributed by atoms with E-state index in [1.54, 1.807) is 18.7 Å². The Morgan fingerprint density at radius 1 is 0.957 bits per heavy atom. The van der Waals surface area contributed by atoms with Crippen LogP contribution in [0.4, 0.5) is 0 Å². The normalized spacial score (nSPS) is 13.0. The standard InChI is InChI=1S/C8H19NO2.C8H6O4/c1-4-5-6-9(7(2)10)8(3)11;9-7(10)5-1-2-6(4-3-5)8(11)12/h7-8,10-11H,4-6H2,1-3H3;1-4H,(H,9,10)(H,11,12). The summed E-state index contributed by atoms with van der Waals surface area (Å²) >= 11 is 0. The van der Waals surface area contributed by atoms with Crippen molar-refractivity contribution in [3.63, 3.8) is 0 Å². The first-order valence-corrected chi connectivity index (χ1v) is 7.39. The van der Waals surface area contributed by atoms with E-state index < -0.39 is 24.4 Å². The van der Waals surface area contributed by atoms with Gasteiger partial charge in [-0.1, -0.05) is 13.3 Å². The van der Waals surface area contributed by atoms with Crippen LogP contribution in [0.25, 0.3) is 0 Å². The molecule has 0 aliphatic carbocycles. The average molecular weight is 327 g/mol. The number of unbranched alkanes of at least 4 members (excludes halogenated alkanes) is 1. The molecule has 0 aromatic heterocycles. The summed E-state index contributed by atoms with van der Waals surface area (Å²) in [5, 5.41) is 35.3. The molecule has 0 heterocycles. The lowest BCUT2D eigenvalue weighted by Crippen LogP contribution is -2.40.